The Morgan fingerprint density at radius 1 is 1.38 bits per heavy atom. The number of carbonyl (C=O) groups is 1. The fraction of sp³-hybridized carbons (Fsp3) is 0.400. The van der Waals surface area contributed by atoms with Crippen LogP contribution in [0, 0.1) is 5.92 Å². The summed E-state index contributed by atoms with van der Waals surface area (Å²) in [7, 11) is 1.72. The molecule has 6 heteroatoms. The second-order valence-electron chi connectivity index (χ2n) is 5.41. The minimum Gasteiger partial charge on any atom is -0.481 e. The first-order valence-electron chi connectivity index (χ1n) is 7.01. The third-order valence-corrected chi connectivity index (χ3v) is 4.04. The second kappa shape index (κ2) is 5.20. The van der Waals surface area contributed by atoms with Gasteiger partial charge in [-0.1, -0.05) is 12.1 Å². The van der Waals surface area contributed by atoms with Gasteiger partial charge in [-0.25, -0.2) is 4.98 Å². The van der Waals surface area contributed by atoms with Gasteiger partial charge in [0, 0.05) is 20.1 Å². The molecule has 0 aliphatic carbocycles. The molecule has 1 aromatic heterocycles. The molecule has 0 saturated carbocycles. The van der Waals surface area contributed by atoms with Crippen molar-refractivity contribution >= 4 is 22.8 Å². The zero-order valence-corrected chi connectivity index (χ0v) is 11.8. The number of aryl methyl sites for hydroxylation is 1. The van der Waals surface area contributed by atoms with Crippen LogP contribution in [0.3, 0.4) is 0 Å². The number of aliphatic carboxylic acids is 1. The van der Waals surface area contributed by atoms with Gasteiger partial charge in [-0.05, 0) is 25.0 Å². The maximum absolute atomic E-state index is 12.5. The molecular weight excluding hydrogens is 270 g/mol. The van der Waals surface area contributed by atoms with Gasteiger partial charge in [0.2, 0.25) is 0 Å². The van der Waals surface area contributed by atoms with E-state index in [1.165, 1.54) is 0 Å². The smallest absolute Gasteiger partial charge is 0.308 e. The Bertz CT molecular complexity index is 753. The van der Waals surface area contributed by atoms with E-state index in [2.05, 4.69) is 4.98 Å². The van der Waals surface area contributed by atoms with E-state index in [0.717, 1.165) is 17.5 Å². The van der Waals surface area contributed by atoms with Crippen molar-refractivity contribution in [1.29, 1.82) is 0 Å². The summed E-state index contributed by atoms with van der Waals surface area (Å²) in [5, 5.41) is 9.17. The van der Waals surface area contributed by atoms with Crippen molar-refractivity contribution in [3.8, 4) is 0 Å². The number of carboxylic acids is 1. The quantitative estimate of drug-likeness (QED) is 0.899. The Labute approximate surface area is 121 Å². The van der Waals surface area contributed by atoms with E-state index in [1.807, 2.05) is 24.3 Å². The van der Waals surface area contributed by atoms with Crippen molar-refractivity contribution in [1.82, 2.24) is 9.55 Å². The van der Waals surface area contributed by atoms with E-state index in [9.17, 15) is 9.59 Å². The van der Waals surface area contributed by atoms with Crippen LogP contribution in [-0.2, 0) is 11.8 Å². The first-order chi connectivity index (χ1) is 10.1. The molecule has 0 amide bonds. The molecule has 1 N–H and O–H groups in total. The predicted molar refractivity (Wildman–Crippen MR) is 79.6 cm³/mol. The topological polar surface area (TPSA) is 75.4 Å². The lowest BCUT2D eigenvalue weighted by molar-refractivity contribution is -0.141. The normalized spacial score (nSPS) is 18.9. The molecule has 0 radical (unpaired) electrons. The molecule has 1 unspecified atom stereocenters. The van der Waals surface area contributed by atoms with E-state index in [-0.39, 0.29) is 5.56 Å². The Morgan fingerprint density at radius 3 is 2.90 bits per heavy atom. The number of benzene rings is 1. The number of piperidine rings is 1. The molecule has 1 aliphatic heterocycles. The summed E-state index contributed by atoms with van der Waals surface area (Å²) in [6.45, 7) is 1.01. The summed E-state index contributed by atoms with van der Waals surface area (Å²) in [6.07, 6.45) is 1.41. The standard InChI is InChI=1S/C15H17N3O3/c1-17-12-7-3-2-6-11(12)16-13(14(17)19)18-8-4-5-10(9-18)15(20)21/h2-3,6-7,10H,4-5,8-9H2,1H3,(H,20,21). The van der Waals surface area contributed by atoms with Crippen molar-refractivity contribution in [3.05, 3.63) is 34.6 Å². The van der Waals surface area contributed by atoms with Crippen molar-refractivity contribution < 1.29 is 9.90 Å². The van der Waals surface area contributed by atoms with Crippen LogP contribution in [-0.4, -0.2) is 33.7 Å². The number of hydrogen-bond acceptors (Lipinski definition) is 4. The summed E-state index contributed by atoms with van der Waals surface area (Å²) in [5.74, 6) is -0.892. The minimum absolute atomic E-state index is 0.181. The van der Waals surface area contributed by atoms with Crippen LogP contribution in [0.1, 0.15) is 12.8 Å². The van der Waals surface area contributed by atoms with Gasteiger partial charge in [0.05, 0.1) is 17.0 Å². The van der Waals surface area contributed by atoms with E-state index in [1.54, 1.807) is 16.5 Å². The Kier molecular flexibility index (Phi) is 3.37. The molecule has 0 spiro atoms. The second-order valence-corrected chi connectivity index (χ2v) is 5.41. The van der Waals surface area contributed by atoms with Gasteiger partial charge in [0.15, 0.2) is 5.82 Å². The molecule has 6 nitrogen and oxygen atoms in total. The number of hydrogen-bond donors (Lipinski definition) is 1. The van der Waals surface area contributed by atoms with Gasteiger partial charge in [0.25, 0.3) is 5.56 Å². The minimum atomic E-state index is -0.808. The number of carboxylic acid groups (broad SMARTS) is 1. The lowest BCUT2D eigenvalue weighted by Crippen LogP contribution is -2.42. The molecule has 21 heavy (non-hydrogen) atoms. The number of rotatable bonds is 2. The van der Waals surface area contributed by atoms with Crippen LogP contribution < -0.4 is 10.5 Å². The molecule has 0 bridgehead atoms. The molecule has 110 valence electrons. The molecule has 1 fully saturated rings. The van der Waals surface area contributed by atoms with Crippen LogP contribution in [0.4, 0.5) is 5.82 Å². The Balaban J connectivity index is 2.06. The zero-order valence-electron chi connectivity index (χ0n) is 11.8. The highest BCUT2D eigenvalue weighted by molar-refractivity contribution is 5.76. The summed E-state index contributed by atoms with van der Waals surface area (Å²) >= 11 is 0. The van der Waals surface area contributed by atoms with Crippen molar-refractivity contribution in [2.24, 2.45) is 13.0 Å². The fourth-order valence-corrected chi connectivity index (χ4v) is 2.84. The van der Waals surface area contributed by atoms with Gasteiger partial charge in [-0.3, -0.25) is 9.59 Å². The largest absolute Gasteiger partial charge is 0.481 e. The number of aromatic nitrogens is 2. The van der Waals surface area contributed by atoms with E-state index < -0.39 is 11.9 Å². The van der Waals surface area contributed by atoms with Crippen molar-refractivity contribution in [2.45, 2.75) is 12.8 Å². The van der Waals surface area contributed by atoms with E-state index in [0.29, 0.717) is 25.3 Å². The Morgan fingerprint density at radius 2 is 2.14 bits per heavy atom. The summed E-state index contributed by atoms with van der Waals surface area (Å²) < 4.78 is 1.57. The van der Waals surface area contributed by atoms with Crippen LogP contribution in [0.15, 0.2) is 29.1 Å². The van der Waals surface area contributed by atoms with E-state index in [4.69, 9.17) is 5.11 Å². The summed E-state index contributed by atoms with van der Waals surface area (Å²) in [4.78, 5) is 29.9. The van der Waals surface area contributed by atoms with E-state index >= 15 is 0 Å². The van der Waals surface area contributed by atoms with Crippen LogP contribution >= 0.6 is 0 Å². The molecule has 2 aromatic rings. The zero-order chi connectivity index (χ0) is 15.0. The molecule has 1 aliphatic rings. The van der Waals surface area contributed by atoms with Gasteiger partial charge in [0.1, 0.15) is 0 Å². The number of anilines is 1. The lowest BCUT2D eigenvalue weighted by Gasteiger charge is -2.31. The van der Waals surface area contributed by atoms with Gasteiger partial charge in [-0.15, -0.1) is 0 Å². The maximum Gasteiger partial charge on any atom is 0.308 e. The molecule has 3 rings (SSSR count). The number of nitrogens with zero attached hydrogens (tertiary/aromatic N) is 3. The molecule has 1 atom stereocenters. The first-order valence-corrected chi connectivity index (χ1v) is 7.01. The van der Waals surface area contributed by atoms with Crippen LogP contribution in [0.2, 0.25) is 0 Å². The van der Waals surface area contributed by atoms with Crippen molar-refractivity contribution in [2.75, 3.05) is 18.0 Å². The van der Waals surface area contributed by atoms with Crippen LogP contribution in [0.5, 0.6) is 0 Å². The fourth-order valence-electron chi connectivity index (χ4n) is 2.84. The molecule has 2 heterocycles. The van der Waals surface area contributed by atoms with Crippen molar-refractivity contribution in [3.63, 3.8) is 0 Å². The summed E-state index contributed by atoms with van der Waals surface area (Å²) in [6, 6.07) is 7.45. The molecular formula is C15H17N3O3. The van der Waals surface area contributed by atoms with Gasteiger partial charge < -0.3 is 14.6 Å². The average Bonchev–Trinajstić information content (AvgIpc) is 2.51. The van der Waals surface area contributed by atoms with Gasteiger partial charge >= 0.3 is 5.97 Å². The monoisotopic (exact) mass is 287 g/mol. The molecule has 1 saturated heterocycles. The number of para-hydroxylation sites is 2. The summed E-state index contributed by atoms with van der Waals surface area (Å²) in [5.41, 5.74) is 1.34. The molecule has 1 aromatic carbocycles. The highest BCUT2D eigenvalue weighted by Crippen LogP contribution is 2.21. The third-order valence-electron chi connectivity index (χ3n) is 4.04. The maximum atomic E-state index is 12.5. The Hall–Kier alpha value is -2.37. The van der Waals surface area contributed by atoms with Crippen LogP contribution in [0.25, 0.3) is 11.0 Å². The first kappa shape index (κ1) is 13.6. The third kappa shape index (κ3) is 2.37. The average molecular weight is 287 g/mol. The lowest BCUT2D eigenvalue weighted by atomic mass is 9.98. The van der Waals surface area contributed by atoms with Gasteiger partial charge in [-0.2, -0.15) is 0 Å². The highest BCUT2D eigenvalue weighted by atomic mass is 16.4. The SMILES string of the molecule is Cn1c(=O)c(N2CCCC(C(=O)O)C2)nc2ccccc21. The number of fused-ring (bicyclic) bond motifs is 1. The predicted octanol–water partition coefficient (Wildman–Crippen LogP) is 1.23. The highest BCUT2D eigenvalue weighted by Gasteiger charge is 2.27.